The van der Waals surface area contributed by atoms with Gasteiger partial charge in [0.1, 0.15) is 5.69 Å². The molecule has 0 saturated heterocycles. The molecule has 0 aliphatic heterocycles. The van der Waals surface area contributed by atoms with Crippen LogP contribution in [0.25, 0.3) is 5.69 Å². The molecule has 0 amide bonds. The van der Waals surface area contributed by atoms with E-state index in [0.29, 0.717) is 0 Å². The van der Waals surface area contributed by atoms with Crippen molar-refractivity contribution in [2.24, 2.45) is 0 Å². The van der Waals surface area contributed by atoms with Gasteiger partial charge < -0.3 is 14.0 Å². The van der Waals surface area contributed by atoms with Gasteiger partial charge in [0.15, 0.2) is 0 Å². The third-order valence-electron chi connectivity index (χ3n) is 2.88. The highest BCUT2D eigenvalue weighted by atomic mass is 16.5. The molecule has 5 heteroatoms. The maximum Gasteiger partial charge on any atom is 0.356 e. The zero-order valence-electron chi connectivity index (χ0n) is 12.0. The van der Waals surface area contributed by atoms with Crippen molar-refractivity contribution in [1.82, 2.24) is 4.57 Å². The molecule has 21 heavy (non-hydrogen) atoms. The highest BCUT2D eigenvalue weighted by Gasteiger charge is 2.24. The first kappa shape index (κ1) is 14.8. The number of nitrogens with zero attached hydrogens (tertiary/aromatic N) is 1. The molecular weight excluding hydrogens is 270 g/mol. The van der Waals surface area contributed by atoms with Crippen LogP contribution in [0.3, 0.4) is 0 Å². The van der Waals surface area contributed by atoms with Gasteiger partial charge in [-0.2, -0.15) is 0 Å². The second-order valence-corrected chi connectivity index (χ2v) is 4.22. The Balaban J connectivity index is 2.51. The van der Waals surface area contributed by atoms with Gasteiger partial charge in [-0.15, -0.1) is 0 Å². The van der Waals surface area contributed by atoms with Crippen LogP contribution in [0.15, 0.2) is 42.6 Å². The normalized spacial score (nSPS) is 10.2. The van der Waals surface area contributed by atoms with Crippen LogP contribution in [0.4, 0.5) is 0 Å². The third-order valence-corrected chi connectivity index (χ3v) is 2.88. The van der Waals surface area contributed by atoms with E-state index in [2.05, 4.69) is 0 Å². The van der Waals surface area contributed by atoms with Gasteiger partial charge in [-0.3, -0.25) is 0 Å². The molecule has 1 heterocycles. The Labute approximate surface area is 123 Å². The van der Waals surface area contributed by atoms with E-state index in [1.54, 1.807) is 30.7 Å². The lowest BCUT2D eigenvalue weighted by Gasteiger charge is -2.10. The third kappa shape index (κ3) is 3.13. The maximum atomic E-state index is 12.2. The van der Waals surface area contributed by atoms with Crippen molar-refractivity contribution in [3.05, 3.63) is 53.9 Å². The first-order chi connectivity index (χ1) is 10.2. The molecule has 0 aliphatic rings. The molecule has 0 bridgehead atoms. The molecule has 5 nitrogen and oxygen atoms in total. The summed E-state index contributed by atoms with van der Waals surface area (Å²) in [5.74, 6) is -1.08. The number of benzene rings is 1. The van der Waals surface area contributed by atoms with Crippen molar-refractivity contribution in [3.63, 3.8) is 0 Å². The van der Waals surface area contributed by atoms with Gasteiger partial charge in [-0.25, -0.2) is 9.59 Å². The number of carbonyl (C=O) groups is 2. The van der Waals surface area contributed by atoms with Gasteiger partial charge in [0.05, 0.1) is 18.8 Å². The number of aromatic nitrogens is 1. The highest BCUT2D eigenvalue weighted by Crippen LogP contribution is 2.19. The molecule has 2 rings (SSSR count). The Morgan fingerprint density at radius 1 is 0.952 bits per heavy atom. The second kappa shape index (κ2) is 6.74. The van der Waals surface area contributed by atoms with Gasteiger partial charge >= 0.3 is 11.9 Å². The van der Waals surface area contributed by atoms with Crippen LogP contribution < -0.4 is 0 Å². The summed E-state index contributed by atoms with van der Waals surface area (Å²) in [6.45, 7) is 3.92. The predicted octanol–water partition coefficient (Wildman–Crippen LogP) is 2.83. The molecule has 0 radical (unpaired) electrons. The minimum atomic E-state index is -0.547. The Bertz CT molecular complexity index is 631. The van der Waals surface area contributed by atoms with Crippen LogP contribution in [0, 0.1) is 0 Å². The molecule has 0 fully saturated rings. The average Bonchev–Trinajstić information content (AvgIpc) is 2.93. The quantitative estimate of drug-likeness (QED) is 0.793. The van der Waals surface area contributed by atoms with Gasteiger partial charge in [0.25, 0.3) is 0 Å². The number of ether oxygens (including phenoxy) is 2. The number of para-hydroxylation sites is 1. The van der Waals surface area contributed by atoms with Crippen molar-refractivity contribution in [2.45, 2.75) is 13.8 Å². The van der Waals surface area contributed by atoms with Crippen molar-refractivity contribution < 1.29 is 19.1 Å². The van der Waals surface area contributed by atoms with Gasteiger partial charge in [-0.05, 0) is 32.0 Å². The SMILES string of the molecule is CCOC(=O)c1ccn(-c2ccccc2)c1C(=O)OCC. The van der Waals surface area contributed by atoms with Crippen LogP contribution in [0.1, 0.15) is 34.7 Å². The fraction of sp³-hybridized carbons (Fsp3) is 0.250. The van der Waals surface area contributed by atoms with E-state index in [4.69, 9.17) is 9.47 Å². The van der Waals surface area contributed by atoms with Crippen LogP contribution in [0.5, 0.6) is 0 Å². The van der Waals surface area contributed by atoms with Crippen molar-refractivity contribution >= 4 is 11.9 Å². The average molecular weight is 287 g/mol. The van der Waals surface area contributed by atoms with E-state index in [0.717, 1.165) is 5.69 Å². The van der Waals surface area contributed by atoms with Crippen molar-refractivity contribution in [1.29, 1.82) is 0 Å². The summed E-state index contributed by atoms with van der Waals surface area (Å²) in [5.41, 5.74) is 1.16. The maximum absolute atomic E-state index is 12.2. The van der Waals surface area contributed by atoms with E-state index in [1.807, 2.05) is 30.3 Å². The number of carbonyl (C=O) groups excluding carboxylic acids is 2. The second-order valence-electron chi connectivity index (χ2n) is 4.22. The van der Waals surface area contributed by atoms with E-state index in [-0.39, 0.29) is 24.5 Å². The molecule has 1 aromatic heterocycles. The zero-order valence-corrected chi connectivity index (χ0v) is 12.0. The lowest BCUT2D eigenvalue weighted by atomic mass is 10.2. The summed E-state index contributed by atoms with van der Waals surface area (Å²) in [6.07, 6.45) is 1.66. The molecule has 1 aromatic carbocycles. The van der Waals surface area contributed by atoms with Gasteiger partial charge in [0.2, 0.25) is 0 Å². The van der Waals surface area contributed by atoms with Crippen molar-refractivity contribution in [3.8, 4) is 5.69 Å². The Hall–Kier alpha value is -2.56. The number of hydrogen-bond acceptors (Lipinski definition) is 4. The molecule has 0 unspecified atom stereocenters. The Morgan fingerprint density at radius 3 is 2.19 bits per heavy atom. The predicted molar refractivity (Wildman–Crippen MR) is 77.7 cm³/mol. The zero-order chi connectivity index (χ0) is 15.2. The number of hydrogen-bond donors (Lipinski definition) is 0. The highest BCUT2D eigenvalue weighted by molar-refractivity contribution is 6.02. The molecule has 110 valence electrons. The fourth-order valence-electron chi connectivity index (χ4n) is 2.02. The summed E-state index contributed by atoms with van der Waals surface area (Å²) in [7, 11) is 0. The van der Waals surface area contributed by atoms with Crippen LogP contribution >= 0.6 is 0 Å². The summed E-state index contributed by atoms with van der Waals surface area (Å²) in [4.78, 5) is 24.2. The van der Waals surface area contributed by atoms with E-state index < -0.39 is 11.9 Å². The molecular formula is C16H17NO4. The van der Waals surface area contributed by atoms with Crippen LogP contribution in [-0.4, -0.2) is 29.7 Å². The number of rotatable bonds is 5. The first-order valence-corrected chi connectivity index (χ1v) is 6.80. The summed E-state index contributed by atoms with van der Waals surface area (Å²) in [6, 6.07) is 10.8. The number of esters is 2. The van der Waals surface area contributed by atoms with Gasteiger partial charge in [0, 0.05) is 11.9 Å². The minimum Gasteiger partial charge on any atom is -0.462 e. The van der Waals surface area contributed by atoms with Crippen molar-refractivity contribution in [2.75, 3.05) is 13.2 Å². The van der Waals surface area contributed by atoms with Crippen LogP contribution in [0.2, 0.25) is 0 Å². The molecule has 2 aromatic rings. The summed E-state index contributed by atoms with van der Waals surface area (Å²) < 4.78 is 11.7. The lowest BCUT2D eigenvalue weighted by molar-refractivity contribution is 0.0473. The lowest BCUT2D eigenvalue weighted by Crippen LogP contribution is -2.16. The standard InChI is InChI=1S/C16H17NO4/c1-3-20-15(18)13-10-11-17(12-8-6-5-7-9-12)14(13)16(19)21-4-2/h5-11H,3-4H2,1-2H3. The molecule has 0 aliphatic carbocycles. The fourth-order valence-corrected chi connectivity index (χ4v) is 2.02. The molecule has 0 N–H and O–H groups in total. The Morgan fingerprint density at radius 2 is 1.57 bits per heavy atom. The monoisotopic (exact) mass is 287 g/mol. The first-order valence-electron chi connectivity index (χ1n) is 6.80. The summed E-state index contributed by atoms with van der Waals surface area (Å²) >= 11 is 0. The summed E-state index contributed by atoms with van der Waals surface area (Å²) in [5, 5.41) is 0. The van der Waals surface area contributed by atoms with Gasteiger partial charge in [-0.1, -0.05) is 18.2 Å². The minimum absolute atomic E-state index is 0.182. The topological polar surface area (TPSA) is 57.5 Å². The molecule has 0 atom stereocenters. The Kier molecular flexibility index (Phi) is 4.77. The van der Waals surface area contributed by atoms with E-state index in [9.17, 15) is 9.59 Å². The smallest absolute Gasteiger partial charge is 0.356 e. The largest absolute Gasteiger partial charge is 0.462 e. The van der Waals surface area contributed by atoms with E-state index >= 15 is 0 Å². The van der Waals surface area contributed by atoms with Crippen LogP contribution in [-0.2, 0) is 9.47 Å². The van der Waals surface area contributed by atoms with E-state index in [1.165, 1.54) is 0 Å². The molecule has 0 saturated carbocycles. The molecule has 0 spiro atoms.